The molecule has 18 heavy (non-hydrogen) atoms. The van der Waals surface area contributed by atoms with Crippen molar-refractivity contribution in [3.05, 3.63) is 36.5 Å². The Morgan fingerprint density at radius 2 is 2.28 bits per heavy atom. The molecule has 0 saturated carbocycles. The summed E-state index contributed by atoms with van der Waals surface area (Å²) in [6, 6.07) is 11.7. The summed E-state index contributed by atoms with van der Waals surface area (Å²) >= 11 is 0. The predicted octanol–water partition coefficient (Wildman–Crippen LogP) is 2.24. The van der Waals surface area contributed by atoms with Gasteiger partial charge in [0.1, 0.15) is 11.3 Å². The minimum Gasteiger partial charge on any atom is -0.493 e. The number of hydrogen-bond acceptors (Lipinski definition) is 4. The molecule has 0 amide bonds. The molecule has 2 aromatic rings. The van der Waals surface area contributed by atoms with Crippen molar-refractivity contribution < 1.29 is 4.74 Å². The Bertz CT molecular complexity index is 587. The molecule has 0 aliphatic heterocycles. The number of nitrogens with two attached hydrogens (primary N) is 1. The van der Waals surface area contributed by atoms with E-state index < -0.39 is 5.54 Å². The van der Waals surface area contributed by atoms with Crippen LogP contribution >= 0.6 is 0 Å². The largest absolute Gasteiger partial charge is 0.493 e. The lowest BCUT2D eigenvalue weighted by Gasteiger charge is -2.15. The van der Waals surface area contributed by atoms with E-state index in [9.17, 15) is 0 Å². The second-order valence-corrected chi connectivity index (χ2v) is 4.49. The van der Waals surface area contributed by atoms with Gasteiger partial charge in [0.2, 0.25) is 0 Å². The van der Waals surface area contributed by atoms with Crippen LogP contribution in [0.25, 0.3) is 10.9 Å². The third-order valence-corrected chi connectivity index (χ3v) is 2.72. The molecule has 0 aliphatic rings. The van der Waals surface area contributed by atoms with E-state index in [1.165, 1.54) is 0 Å². The van der Waals surface area contributed by atoms with Crippen molar-refractivity contribution in [1.82, 2.24) is 4.98 Å². The fourth-order valence-corrected chi connectivity index (χ4v) is 1.57. The van der Waals surface area contributed by atoms with Crippen molar-refractivity contribution in [2.24, 2.45) is 5.73 Å². The van der Waals surface area contributed by atoms with Gasteiger partial charge in [-0.2, -0.15) is 5.26 Å². The Labute approximate surface area is 106 Å². The number of pyridine rings is 1. The van der Waals surface area contributed by atoms with Crippen LogP contribution in [0.5, 0.6) is 5.75 Å². The average molecular weight is 241 g/mol. The molecule has 2 rings (SSSR count). The molecule has 4 nitrogen and oxygen atoms in total. The Kier molecular flexibility index (Phi) is 3.45. The van der Waals surface area contributed by atoms with Crippen LogP contribution in [0.2, 0.25) is 0 Å². The highest BCUT2D eigenvalue weighted by molar-refractivity contribution is 5.79. The number of aromatic nitrogens is 1. The molecule has 0 fully saturated rings. The summed E-state index contributed by atoms with van der Waals surface area (Å²) in [7, 11) is 0. The molecule has 0 spiro atoms. The first-order chi connectivity index (χ1) is 8.61. The SMILES string of the molecule is CC(N)(C#N)CCOc1ccc2cccnc2c1. The second-order valence-electron chi connectivity index (χ2n) is 4.49. The first-order valence-electron chi connectivity index (χ1n) is 5.78. The zero-order valence-electron chi connectivity index (χ0n) is 10.3. The van der Waals surface area contributed by atoms with E-state index in [0.717, 1.165) is 16.7 Å². The van der Waals surface area contributed by atoms with Gasteiger partial charge >= 0.3 is 0 Å². The van der Waals surface area contributed by atoms with Crippen LogP contribution in [-0.4, -0.2) is 17.1 Å². The molecule has 1 atom stereocenters. The number of rotatable bonds is 4. The second kappa shape index (κ2) is 5.03. The molecule has 2 N–H and O–H groups in total. The van der Waals surface area contributed by atoms with Gasteiger partial charge in [-0.3, -0.25) is 4.98 Å². The summed E-state index contributed by atoms with van der Waals surface area (Å²) in [6.07, 6.45) is 2.24. The third kappa shape index (κ3) is 2.96. The van der Waals surface area contributed by atoms with Gasteiger partial charge in [0.25, 0.3) is 0 Å². The topological polar surface area (TPSA) is 71.9 Å². The highest BCUT2D eigenvalue weighted by Gasteiger charge is 2.16. The molecule has 92 valence electrons. The smallest absolute Gasteiger partial charge is 0.121 e. The van der Waals surface area contributed by atoms with Gasteiger partial charge in [-0.1, -0.05) is 6.07 Å². The Morgan fingerprint density at radius 1 is 1.44 bits per heavy atom. The average Bonchev–Trinajstić information content (AvgIpc) is 2.38. The van der Waals surface area contributed by atoms with E-state index >= 15 is 0 Å². The van der Waals surface area contributed by atoms with Crippen molar-refractivity contribution in [3.8, 4) is 11.8 Å². The van der Waals surface area contributed by atoms with Gasteiger partial charge in [-0.05, 0) is 25.1 Å². The van der Waals surface area contributed by atoms with Gasteiger partial charge in [0.05, 0.1) is 18.2 Å². The lowest BCUT2D eigenvalue weighted by atomic mass is 10.0. The van der Waals surface area contributed by atoms with Gasteiger partial charge in [0.15, 0.2) is 0 Å². The first kappa shape index (κ1) is 12.3. The summed E-state index contributed by atoms with van der Waals surface area (Å²) in [6.45, 7) is 2.11. The van der Waals surface area contributed by atoms with Crippen LogP contribution in [0.4, 0.5) is 0 Å². The fourth-order valence-electron chi connectivity index (χ4n) is 1.57. The lowest BCUT2D eigenvalue weighted by molar-refractivity contribution is 0.286. The van der Waals surface area contributed by atoms with Crippen LogP contribution in [0.15, 0.2) is 36.5 Å². The molecular weight excluding hydrogens is 226 g/mol. The number of ether oxygens (including phenoxy) is 1. The summed E-state index contributed by atoms with van der Waals surface area (Å²) in [5.41, 5.74) is 5.77. The van der Waals surface area contributed by atoms with E-state index in [2.05, 4.69) is 4.98 Å². The zero-order valence-corrected chi connectivity index (χ0v) is 10.3. The lowest BCUT2D eigenvalue weighted by Crippen LogP contribution is -2.35. The predicted molar refractivity (Wildman–Crippen MR) is 70.1 cm³/mol. The molecule has 0 aliphatic carbocycles. The standard InChI is InChI=1S/C14H15N3O/c1-14(16,10-15)6-8-18-12-5-4-11-3-2-7-17-13(11)9-12/h2-5,7,9H,6,8,16H2,1H3. The number of fused-ring (bicyclic) bond motifs is 1. The molecular formula is C14H15N3O. The van der Waals surface area contributed by atoms with E-state index in [4.69, 9.17) is 15.7 Å². The summed E-state index contributed by atoms with van der Waals surface area (Å²) < 4.78 is 5.58. The maximum Gasteiger partial charge on any atom is 0.121 e. The molecule has 1 unspecified atom stereocenters. The number of benzene rings is 1. The number of nitriles is 1. The van der Waals surface area contributed by atoms with E-state index in [1.54, 1.807) is 13.1 Å². The molecule has 0 saturated heterocycles. The van der Waals surface area contributed by atoms with Gasteiger partial charge in [0, 0.05) is 24.1 Å². The van der Waals surface area contributed by atoms with E-state index in [-0.39, 0.29) is 0 Å². The molecule has 0 radical (unpaired) electrons. The van der Waals surface area contributed by atoms with Gasteiger partial charge in [-0.25, -0.2) is 0 Å². The monoisotopic (exact) mass is 241 g/mol. The molecule has 0 bridgehead atoms. The maximum atomic E-state index is 8.79. The van der Waals surface area contributed by atoms with Gasteiger partial charge < -0.3 is 10.5 Å². The Hall–Kier alpha value is -2.12. The highest BCUT2D eigenvalue weighted by atomic mass is 16.5. The molecule has 1 aromatic heterocycles. The van der Waals surface area contributed by atoms with Gasteiger partial charge in [-0.15, -0.1) is 0 Å². The van der Waals surface area contributed by atoms with Crippen molar-refractivity contribution in [3.63, 3.8) is 0 Å². The Morgan fingerprint density at radius 3 is 3.06 bits per heavy atom. The van der Waals surface area contributed by atoms with Crippen molar-refractivity contribution >= 4 is 10.9 Å². The fraction of sp³-hybridized carbons (Fsp3) is 0.286. The quantitative estimate of drug-likeness (QED) is 0.891. The molecule has 1 aromatic carbocycles. The van der Waals surface area contributed by atoms with Crippen LogP contribution in [-0.2, 0) is 0 Å². The summed E-state index contributed by atoms with van der Waals surface area (Å²) in [4.78, 5) is 4.26. The molecule has 1 heterocycles. The first-order valence-corrected chi connectivity index (χ1v) is 5.78. The van der Waals surface area contributed by atoms with Crippen molar-refractivity contribution in [1.29, 1.82) is 5.26 Å². The van der Waals surface area contributed by atoms with Crippen LogP contribution in [0.1, 0.15) is 13.3 Å². The normalized spacial score (nSPS) is 13.8. The van der Waals surface area contributed by atoms with Crippen LogP contribution in [0.3, 0.4) is 0 Å². The number of hydrogen-bond donors (Lipinski definition) is 1. The minimum absolute atomic E-state index is 0.416. The van der Waals surface area contributed by atoms with Crippen molar-refractivity contribution in [2.45, 2.75) is 18.9 Å². The van der Waals surface area contributed by atoms with E-state index in [0.29, 0.717) is 13.0 Å². The Balaban J connectivity index is 2.03. The van der Waals surface area contributed by atoms with Crippen LogP contribution < -0.4 is 10.5 Å². The maximum absolute atomic E-state index is 8.79. The zero-order chi connectivity index (χ0) is 13.0. The van der Waals surface area contributed by atoms with Crippen LogP contribution in [0, 0.1) is 11.3 Å². The van der Waals surface area contributed by atoms with E-state index in [1.807, 2.05) is 36.4 Å². The molecule has 4 heteroatoms. The summed E-state index contributed by atoms with van der Waals surface area (Å²) in [5, 5.41) is 9.87. The summed E-state index contributed by atoms with van der Waals surface area (Å²) in [5.74, 6) is 0.745. The highest BCUT2D eigenvalue weighted by Crippen LogP contribution is 2.19. The third-order valence-electron chi connectivity index (χ3n) is 2.72. The minimum atomic E-state index is -0.838. The van der Waals surface area contributed by atoms with Crippen molar-refractivity contribution in [2.75, 3.05) is 6.61 Å². The number of nitrogens with zero attached hydrogens (tertiary/aromatic N) is 2.